The maximum Gasteiger partial charge on any atom is 0.263 e. The minimum atomic E-state index is 0. The van der Waals surface area contributed by atoms with Crippen molar-refractivity contribution >= 4 is 28.3 Å². The van der Waals surface area contributed by atoms with Crippen LogP contribution >= 0.6 is 28.3 Å². The van der Waals surface area contributed by atoms with Crippen LogP contribution in [0.3, 0.4) is 0 Å². The molecule has 1 aromatic rings. The van der Waals surface area contributed by atoms with Gasteiger partial charge in [0.1, 0.15) is 6.26 Å². The van der Waals surface area contributed by atoms with E-state index in [2.05, 4.69) is 25.3 Å². The number of halogens is 2. The second-order valence-electron chi connectivity index (χ2n) is 0.785. The van der Waals surface area contributed by atoms with Gasteiger partial charge in [-0.25, -0.2) is 4.98 Å². The normalized spacial score (nSPS) is 7.57. The van der Waals surface area contributed by atoms with Crippen molar-refractivity contribution in [3.63, 3.8) is 0 Å². The third kappa shape index (κ3) is 1.94. The lowest BCUT2D eigenvalue weighted by atomic mass is 11.0. The van der Waals surface area contributed by atoms with Crippen LogP contribution in [0, 0.1) is 0 Å². The summed E-state index contributed by atoms with van der Waals surface area (Å²) in [7, 11) is 0. The Hall–Kier alpha value is -0.0200. The van der Waals surface area contributed by atoms with Gasteiger partial charge in [0.2, 0.25) is 0 Å². The molecular formula is C3H3BrClNO. The van der Waals surface area contributed by atoms with Crippen LogP contribution in [0.15, 0.2) is 21.7 Å². The fourth-order valence-corrected chi connectivity index (χ4v) is 0.432. The molecule has 7 heavy (non-hydrogen) atoms. The Morgan fingerprint density at radius 2 is 2.43 bits per heavy atom. The Labute approximate surface area is 55.5 Å². The third-order valence-electron chi connectivity index (χ3n) is 0.402. The van der Waals surface area contributed by atoms with E-state index in [1.807, 2.05) is 0 Å². The van der Waals surface area contributed by atoms with E-state index in [9.17, 15) is 0 Å². The van der Waals surface area contributed by atoms with Crippen LogP contribution in [0.25, 0.3) is 0 Å². The molecule has 4 heteroatoms. The standard InChI is InChI=1S/C3H2BrNO.ClH/c4-3-5-1-2-6-3;/h1-2H;1H. The second-order valence-corrected chi connectivity index (χ2v) is 1.46. The smallest absolute Gasteiger partial charge is 0.263 e. The van der Waals surface area contributed by atoms with Crippen molar-refractivity contribution in [3.8, 4) is 0 Å². The molecule has 0 saturated heterocycles. The molecule has 0 aliphatic carbocycles. The first-order valence-electron chi connectivity index (χ1n) is 1.44. The molecule has 1 heterocycles. The van der Waals surface area contributed by atoms with Crippen molar-refractivity contribution in [2.45, 2.75) is 0 Å². The van der Waals surface area contributed by atoms with Crippen molar-refractivity contribution in [1.29, 1.82) is 0 Å². The van der Waals surface area contributed by atoms with Crippen LogP contribution < -0.4 is 0 Å². The van der Waals surface area contributed by atoms with E-state index in [1.54, 1.807) is 6.20 Å². The molecule has 1 aromatic heterocycles. The van der Waals surface area contributed by atoms with E-state index in [0.29, 0.717) is 4.80 Å². The number of nitrogens with zero attached hydrogens (tertiary/aromatic N) is 1. The van der Waals surface area contributed by atoms with Crippen LogP contribution in [0.1, 0.15) is 0 Å². The lowest BCUT2D eigenvalue weighted by Gasteiger charge is -1.64. The quantitative estimate of drug-likeness (QED) is 0.615. The molecule has 40 valence electrons. The maximum atomic E-state index is 4.64. The summed E-state index contributed by atoms with van der Waals surface area (Å²) >= 11 is 3.00. The highest BCUT2D eigenvalue weighted by atomic mass is 79.9. The number of aromatic nitrogens is 1. The van der Waals surface area contributed by atoms with Crippen LogP contribution in [0.4, 0.5) is 0 Å². The zero-order chi connectivity index (χ0) is 4.41. The first-order chi connectivity index (χ1) is 2.89. The van der Waals surface area contributed by atoms with Gasteiger partial charge >= 0.3 is 0 Å². The Kier molecular flexibility index (Phi) is 3.04. The van der Waals surface area contributed by atoms with Gasteiger partial charge in [-0.3, -0.25) is 0 Å². The van der Waals surface area contributed by atoms with Gasteiger partial charge in [0.05, 0.1) is 6.20 Å². The SMILES string of the molecule is Brc1ncco1.Cl. The zero-order valence-corrected chi connectivity index (χ0v) is 5.70. The van der Waals surface area contributed by atoms with Gasteiger partial charge < -0.3 is 4.42 Å². The molecule has 0 fully saturated rings. The number of oxazole rings is 1. The summed E-state index contributed by atoms with van der Waals surface area (Å²) in [6.07, 6.45) is 3.08. The van der Waals surface area contributed by atoms with E-state index in [1.165, 1.54) is 6.26 Å². The fourth-order valence-electron chi connectivity index (χ4n) is 0.206. The molecule has 0 unspecified atom stereocenters. The van der Waals surface area contributed by atoms with E-state index in [4.69, 9.17) is 0 Å². The van der Waals surface area contributed by atoms with E-state index >= 15 is 0 Å². The molecular weight excluding hydrogens is 181 g/mol. The lowest BCUT2D eigenvalue weighted by molar-refractivity contribution is 0.529. The second kappa shape index (κ2) is 3.04. The van der Waals surface area contributed by atoms with Crippen LogP contribution in [0.5, 0.6) is 0 Å². The van der Waals surface area contributed by atoms with Crippen molar-refractivity contribution in [3.05, 3.63) is 17.3 Å². The highest BCUT2D eigenvalue weighted by Gasteiger charge is 1.80. The minimum Gasteiger partial charge on any atom is -0.440 e. The molecule has 2 nitrogen and oxygen atoms in total. The van der Waals surface area contributed by atoms with Crippen LogP contribution in [0.2, 0.25) is 0 Å². The predicted octanol–water partition coefficient (Wildman–Crippen LogP) is 1.86. The van der Waals surface area contributed by atoms with Crippen molar-refractivity contribution < 1.29 is 4.42 Å². The van der Waals surface area contributed by atoms with Crippen LogP contribution in [-0.2, 0) is 0 Å². The van der Waals surface area contributed by atoms with Gasteiger partial charge in [-0.15, -0.1) is 12.4 Å². The van der Waals surface area contributed by atoms with Crippen molar-refractivity contribution in [2.75, 3.05) is 0 Å². The molecule has 0 amide bonds. The molecule has 0 N–H and O–H groups in total. The molecule has 0 aliphatic heterocycles. The van der Waals surface area contributed by atoms with Gasteiger partial charge in [-0.05, 0) is 0 Å². The zero-order valence-electron chi connectivity index (χ0n) is 3.30. The number of hydrogen-bond acceptors (Lipinski definition) is 2. The summed E-state index contributed by atoms with van der Waals surface area (Å²) in [6.45, 7) is 0. The first kappa shape index (κ1) is 6.98. The van der Waals surface area contributed by atoms with Gasteiger partial charge in [-0.1, -0.05) is 0 Å². The molecule has 0 aliphatic rings. The first-order valence-corrected chi connectivity index (χ1v) is 2.24. The highest BCUT2D eigenvalue weighted by molar-refractivity contribution is 9.10. The Morgan fingerprint density at radius 3 is 2.57 bits per heavy atom. The molecule has 0 aromatic carbocycles. The largest absolute Gasteiger partial charge is 0.440 e. The lowest BCUT2D eigenvalue weighted by Crippen LogP contribution is -1.50. The summed E-state index contributed by atoms with van der Waals surface area (Å²) < 4.78 is 4.64. The Morgan fingerprint density at radius 1 is 1.71 bits per heavy atom. The van der Waals surface area contributed by atoms with E-state index < -0.39 is 0 Å². The van der Waals surface area contributed by atoms with Gasteiger partial charge in [0.15, 0.2) is 0 Å². The summed E-state index contributed by atoms with van der Waals surface area (Å²) in [4.78, 5) is 4.20. The Bertz CT molecular complexity index is 118. The van der Waals surface area contributed by atoms with Crippen molar-refractivity contribution in [2.24, 2.45) is 0 Å². The average molecular weight is 184 g/mol. The fraction of sp³-hybridized carbons (Fsp3) is 0. The van der Waals surface area contributed by atoms with Gasteiger partial charge in [-0.2, -0.15) is 0 Å². The molecule has 1 rings (SSSR count). The Balaban J connectivity index is 0.000000360. The number of rotatable bonds is 0. The van der Waals surface area contributed by atoms with Gasteiger partial charge in [0, 0.05) is 15.9 Å². The molecule has 0 saturated carbocycles. The maximum absolute atomic E-state index is 4.64. The summed E-state index contributed by atoms with van der Waals surface area (Å²) in [5.74, 6) is 0. The van der Waals surface area contributed by atoms with Gasteiger partial charge in [0.25, 0.3) is 4.80 Å². The monoisotopic (exact) mass is 183 g/mol. The van der Waals surface area contributed by atoms with E-state index in [0.717, 1.165) is 0 Å². The minimum absolute atomic E-state index is 0. The number of hydrogen-bond donors (Lipinski definition) is 0. The highest BCUT2D eigenvalue weighted by Crippen LogP contribution is 2.01. The van der Waals surface area contributed by atoms with E-state index in [-0.39, 0.29) is 12.4 Å². The average Bonchev–Trinajstić information content (AvgIpc) is 1.86. The topological polar surface area (TPSA) is 26.0 Å². The molecule has 0 atom stereocenters. The third-order valence-corrected chi connectivity index (χ3v) is 0.794. The summed E-state index contributed by atoms with van der Waals surface area (Å²) in [5, 5.41) is 0. The summed E-state index contributed by atoms with van der Waals surface area (Å²) in [6, 6.07) is 0. The summed E-state index contributed by atoms with van der Waals surface area (Å²) in [5.41, 5.74) is 0. The van der Waals surface area contributed by atoms with Crippen LogP contribution in [-0.4, -0.2) is 4.98 Å². The van der Waals surface area contributed by atoms with Crippen molar-refractivity contribution in [1.82, 2.24) is 4.98 Å². The molecule has 0 bridgehead atoms. The molecule has 0 spiro atoms. The predicted molar refractivity (Wildman–Crippen MR) is 31.5 cm³/mol. The molecule has 0 radical (unpaired) electrons.